The standard InChI is InChI=1S/C13H18N2O2/c1-15(8-4-7-13(14)17)9-11-5-2-3-6-12(11)10-16/h2-3,5-6,10H,4,7-9H2,1H3,(H2,14,17). The molecule has 1 rings (SSSR count). The normalized spacial score (nSPS) is 10.5. The molecule has 4 heteroatoms. The van der Waals surface area contributed by atoms with E-state index in [1.807, 2.05) is 25.2 Å². The van der Waals surface area contributed by atoms with Gasteiger partial charge < -0.3 is 10.6 Å². The third-order valence-corrected chi connectivity index (χ3v) is 2.59. The molecule has 17 heavy (non-hydrogen) atoms. The van der Waals surface area contributed by atoms with E-state index in [1.165, 1.54) is 0 Å². The third-order valence-electron chi connectivity index (χ3n) is 2.59. The van der Waals surface area contributed by atoms with Gasteiger partial charge in [-0.2, -0.15) is 0 Å². The van der Waals surface area contributed by atoms with Crippen LogP contribution in [0.4, 0.5) is 0 Å². The van der Waals surface area contributed by atoms with E-state index in [2.05, 4.69) is 4.90 Å². The Bertz CT molecular complexity index is 391. The van der Waals surface area contributed by atoms with Gasteiger partial charge in [-0.05, 0) is 25.6 Å². The molecule has 0 aliphatic carbocycles. The highest BCUT2D eigenvalue weighted by Gasteiger charge is 2.05. The van der Waals surface area contributed by atoms with Crippen LogP contribution in [0.3, 0.4) is 0 Å². The summed E-state index contributed by atoms with van der Waals surface area (Å²) < 4.78 is 0. The molecule has 0 atom stereocenters. The number of carbonyl (C=O) groups excluding carboxylic acids is 2. The van der Waals surface area contributed by atoms with Crippen molar-refractivity contribution in [3.63, 3.8) is 0 Å². The van der Waals surface area contributed by atoms with Gasteiger partial charge in [0.15, 0.2) is 0 Å². The molecule has 0 bridgehead atoms. The Labute approximate surface area is 101 Å². The second-order valence-electron chi connectivity index (χ2n) is 4.12. The Balaban J connectivity index is 2.47. The third kappa shape index (κ3) is 4.78. The molecule has 0 saturated heterocycles. The number of hydrogen-bond donors (Lipinski definition) is 1. The van der Waals surface area contributed by atoms with Crippen molar-refractivity contribution in [1.82, 2.24) is 4.90 Å². The molecule has 92 valence electrons. The Morgan fingerprint density at radius 2 is 2.12 bits per heavy atom. The van der Waals surface area contributed by atoms with Gasteiger partial charge in [0.25, 0.3) is 0 Å². The van der Waals surface area contributed by atoms with Gasteiger partial charge >= 0.3 is 0 Å². The van der Waals surface area contributed by atoms with Crippen LogP contribution in [0.15, 0.2) is 24.3 Å². The minimum absolute atomic E-state index is 0.272. The first-order valence-electron chi connectivity index (χ1n) is 5.63. The zero-order valence-corrected chi connectivity index (χ0v) is 10.1. The molecule has 1 amide bonds. The summed E-state index contributed by atoms with van der Waals surface area (Å²) in [7, 11) is 1.96. The monoisotopic (exact) mass is 234 g/mol. The zero-order chi connectivity index (χ0) is 12.7. The van der Waals surface area contributed by atoms with E-state index in [-0.39, 0.29) is 5.91 Å². The number of carbonyl (C=O) groups is 2. The number of primary amides is 1. The Morgan fingerprint density at radius 1 is 1.41 bits per heavy atom. The second-order valence-corrected chi connectivity index (χ2v) is 4.12. The SMILES string of the molecule is CN(CCCC(N)=O)Cc1ccccc1C=O. The molecule has 4 nitrogen and oxygen atoms in total. The highest BCUT2D eigenvalue weighted by molar-refractivity contribution is 5.77. The maximum atomic E-state index is 10.8. The van der Waals surface area contributed by atoms with E-state index < -0.39 is 0 Å². The molecule has 0 unspecified atom stereocenters. The molecular weight excluding hydrogens is 216 g/mol. The molecule has 0 heterocycles. The van der Waals surface area contributed by atoms with E-state index in [1.54, 1.807) is 6.07 Å². The van der Waals surface area contributed by atoms with Gasteiger partial charge in [0.05, 0.1) is 0 Å². The van der Waals surface area contributed by atoms with Crippen LogP contribution in [0.2, 0.25) is 0 Å². The van der Waals surface area contributed by atoms with Crippen molar-refractivity contribution in [2.24, 2.45) is 5.73 Å². The Hall–Kier alpha value is -1.68. The van der Waals surface area contributed by atoms with Crippen molar-refractivity contribution in [3.8, 4) is 0 Å². The lowest BCUT2D eigenvalue weighted by Crippen LogP contribution is -2.21. The van der Waals surface area contributed by atoms with Gasteiger partial charge in [-0.25, -0.2) is 0 Å². The minimum atomic E-state index is -0.272. The first kappa shape index (κ1) is 13.4. The number of aldehydes is 1. The van der Waals surface area contributed by atoms with Gasteiger partial charge in [-0.1, -0.05) is 24.3 Å². The van der Waals surface area contributed by atoms with Crippen LogP contribution >= 0.6 is 0 Å². The summed E-state index contributed by atoms with van der Waals surface area (Å²) in [6, 6.07) is 7.51. The van der Waals surface area contributed by atoms with Crippen molar-refractivity contribution in [2.45, 2.75) is 19.4 Å². The first-order valence-corrected chi connectivity index (χ1v) is 5.63. The van der Waals surface area contributed by atoms with E-state index in [0.29, 0.717) is 18.5 Å². The summed E-state index contributed by atoms with van der Waals surface area (Å²) in [6.45, 7) is 1.49. The van der Waals surface area contributed by atoms with Crippen LogP contribution in [-0.2, 0) is 11.3 Å². The van der Waals surface area contributed by atoms with Crippen LogP contribution in [0.25, 0.3) is 0 Å². The summed E-state index contributed by atoms with van der Waals surface area (Å²) in [5.74, 6) is -0.272. The largest absolute Gasteiger partial charge is 0.370 e. The Morgan fingerprint density at radius 3 is 2.76 bits per heavy atom. The van der Waals surface area contributed by atoms with Gasteiger partial charge in [0, 0.05) is 18.5 Å². The van der Waals surface area contributed by atoms with Crippen LogP contribution in [0, 0.1) is 0 Å². The molecule has 0 aliphatic rings. The van der Waals surface area contributed by atoms with E-state index in [0.717, 1.165) is 24.8 Å². The number of nitrogens with two attached hydrogens (primary N) is 1. The molecular formula is C13H18N2O2. The highest BCUT2D eigenvalue weighted by Crippen LogP contribution is 2.09. The summed E-state index contributed by atoms with van der Waals surface area (Å²) in [5, 5.41) is 0. The maximum Gasteiger partial charge on any atom is 0.217 e. The topological polar surface area (TPSA) is 63.4 Å². The molecule has 0 radical (unpaired) electrons. The van der Waals surface area contributed by atoms with Crippen LogP contribution in [-0.4, -0.2) is 30.7 Å². The Kier molecular flexibility index (Phi) is 5.36. The summed E-state index contributed by atoms with van der Waals surface area (Å²) in [5.41, 5.74) is 6.79. The smallest absolute Gasteiger partial charge is 0.217 e. The van der Waals surface area contributed by atoms with Gasteiger partial charge in [-0.3, -0.25) is 9.59 Å². The lowest BCUT2D eigenvalue weighted by Gasteiger charge is -2.17. The average Bonchev–Trinajstić information content (AvgIpc) is 2.29. The molecule has 1 aromatic rings. The van der Waals surface area contributed by atoms with Crippen LogP contribution in [0.1, 0.15) is 28.8 Å². The molecule has 0 aromatic heterocycles. The van der Waals surface area contributed by atoms with Gasteiger partial charge in [-0.15, -0.1) is 0 Å². The predicted octanol–water partition coefficient (Wildman–Crippen LogP) is 1.20. The van der Waals surface area contributed by atoms with Crippen molar-refractivity contribution < 1.29 is 9.59 Å². The summed E-state index contributed by atoms with van der Waals surface area (Å²) in [4.78, 5) is 23.5. The van der Waals surface area contributed by atoms with Gasteiger partial charge in [0.1, 0.15) is 6.29 Å². The summed E-state index contributed by atoms with van der Waals surface area (Å²) >= 11 is 0. The first-order chi connectivity index (χ1) is 8.13. The number of amides is 1. The highest BCUT2D eigenvalue weighted by atomic mass is 16.1. The molecule has 0 saturated carbocycles. The van der Waals surface area contributed by atoms with Crippen molar-refractivity contribution in [2.75, 3.05) is 13.6 Å². The van der Waals surface area contributed by atoms with Gasteiger partial charge in [0.2, 0.25) is 5.91 Å². The van der Waals surface area contributed by atoms with Crippen molar-refractivity contribution >= 4 is 12.2 Å². The quantitative estimate of drug-likeness (QED) is 0.721. The van der Waals surface area contributed by atoms with Crippen LogP contribution in [0.5, 0.6) is 0 Å². The number of nitrogens with zero attached hydrogens (tertiary/aromatic N) is 1. The number of hydrogen-bond acceptors (Lipinski definition) is 3. The second kappa shape index (κ2) is 6.81. The molecule has 0 spiro atoms. The van der Waals surface area contributed by atoms with Crippen molar-refractivity contribution in [3.05, 3.63) is 35.4 Å². The lowest BCUT2D eigenvalue weighted by atomic mass is 10.1. The fourth-order valence-corrected chi connectivity index (χ4v) is 1.69. The van der Waals surface area contributed by atoms with E-state index in [9.17, 15) is 9.59 Å². The fraction of sp³-hybridized carbons (Fsp3) is 0.385. The summed E-state index contributed by atoms with van der Waals surface area (Å²) in [6.07, 6.45) is 2.02. The maximum absolute atomic E-state index is 10.8. The zero-order valence-electron chi connectivity index (χ0n) is 10.1. The fourth-order valence-electron chi connectivity index (χ4n) is 1.69. The number of rotatable bonds is 7. The van der Waals surface area contributed by atoms with E-state index in [4.69, 9.17) is 5.73 Å². The van der Waals surface area contributed by atoms with Crippen LogP contribution < -0.4 is 5.73 Å². The lowest BCUT2D eigenvalue weighted by molar-refractivity contribution is -0.118. The van der Waals surface area contributed by atoms with Crippen molar-refractivity contribution in [1.29, 1.82) is 0 Å². The molecule has 1 aromatic carbocycles. The molecule has 0 fully saturated rings. The molecule has 2 N–H and O–H groups in total. The number of benzene rings is 1. The predicted molar refractivity (Wildman–Crippen MR) is 66.6 cm³/mol. The minimum Gasteiger partial charge on any atom is -0.370 e. The average molecular weight is 234 g/mol. The molecule has 0 aliphatic heterocycles. The van der Waals surface area contributed by atoms with E-state index >= 15 is 0 Å².